The summed E-state index contributed by atoms with van der Waals surface area (Å²) in [5, 5.41) is 14.5. The largest absolute Gasteiger partial charge is 0.508 e. The van der Waals surface area contributed by atoms with Crippen molar-refractivity contribution in [2.45, 2.75) is 31.1 Å². The average Bonchev–Trinajstić information content (AvgIpc) is 3.54. The van der Waals surface area contributed by atoms with Gasteiger partial charge >= 0.3 is 6.18 Å². The molecule has 1 heterocycles. The number of ether oxygens (including phenoxy) is 1. The molecule has 2 amide bonds. The number of carbonyl (C=O) groups excluding carboxylic acids is 2. The Morgan fingerprint density at radius 3 is 2.55 bits per heavy atom. The molecular formula is C20H21F3N6O4. The van der Waals surface area contributed by atoms with E-state index in [1.54, 1.807) is 0 Å². The number of rotatable bonds is 8. The fourth-order valence-corrected chi connectivity index (χ4v) is 2.85. The van der Waals surface area contributed by atoms with Gasteiger partial charge in [-0.25, -0.2) is 0 Å². The molecule has 0 bridgehead atoms. The van der Waals surface area contributed by atoms with Gasteiger partial charge < -0.3 is 31.6 Å². The highest BCUT2D eigenvalue weighted by molar-refractivity contribution is 5.99. The van der Waals surface area contributed by atoms with Gasteiger partial charge in [-0.1, -0.05) is 0 Å². The van der Waals surface area contributed by atoms with Crippen molar-refractivity contribution in [2.24, 2.45) is 11.6 Å². The Morgan fingerprint density at radius 1 is 1.24 bits per heavy atom. The Hall–Kier alpha value is -4.00. The number of aromatic nitrogens is 1. The molecule has 8 N–H and O–H groups in total. The lowest BCUT2D eigenvalue weighted by molar-refractivity contribution is -0.138. The van der Waals surface area contributed by atoms with Gasteiger partial charge in [0.15, 0.2) is 0 Å². The number of alkyl halides is 3. The minimum absolute atomic E-state index is 0.0133. The molecule has 1 aromatic heterocycles. The van der Waals surface area contributed by atoms with Crippen LogP contribution >= 0.6 is 0 Å². The molecule has 1 fully saturated rings. The molecule has 0 spiro atoms. The fourth-order valence-electron chi connectivity index (χ4n) is 2.85. The van der Waals surface area contributed by atoms with Gasteiger partial charge in [-0.05, 0) is 43.2 Å². The molecule has 33 heavy (non-hydrogen) atoms. The van der Waals surface area contributed by atoms with E-state index in [4.69, 9.17) is 16.3 Å². The molecule has 13 heteroatoms. The van der Waals surface area contributed by atoms with Crippen LogP contribution in [0, 0.1) is 0 Å². The van der Waals surface area contributed by atoms with Crippen molar-refractivity contribution in [2.75, 3.05) is 0 Å². The number of phenolic OH excluding ortho intramolecular Hbond substituents is 1. The summed E-state index contributed by atoms with van der Waals surface area (Å²) in [6.45, 7) is 0.0133. The van der Waals surface area contributed by atoms with Crippen molar-refractivity contribution in [3.63, 3.8) is 0 Å². The SMILES string of the molecule is NN/C=C(\N)C(=O)NC1(C(=O)NCc2ccc(Oc3ccc(O)cc3C(F)(F)F)cn2)CC1. The zero-order valence-electron chi connectivity index (χ0n) is 17.1. The third-order valence-corrected chi connectivity index (χ3v) is 4.76. The molecule has 176 valence electrons. The van der Waals surface area contributed by atoms with Crippen LogP contribution in [0.15, 0.2) is 48.4 Å². The molecule has 0 aliphatic heterocycles. The smallest absolute Gasteiger partial charge is 0.420 e. The quantitative estimate of drug-likeness (QED) is 0.191. The van der Waals surface area contributed by atoms with Crippen molar-refractivity contribution in [1.82, 2.24) is 21.0 Å². The van der Waals surface area contributed by atoms with Gasteiger partial charge in [-0.2, -0.15) is 13.2 Å². The first-order chi connectivity index (χ1) is 15.5. The summed E-state index contributed by atoms with van der Waals surface area (Å²) in [5.74, 6) is 2.99. The second-order valence-corrected chi connectivity index (χ2v) is 7.25. The van der Waals surface area contributed by atoms with Crippen LogP contribution in [0.4, 0.5) is 13.2 Å². The van der Waals surface area contributed by atoms with Crippen molar-refractivity contribution in [1.29, 1.82) is 0 Å². The number of hydrogen-bond acceptors (Lipinski definition) is 8. The number of amides is 2. The van der Waals surface area contributed by atoms with E-state index in [-0.39, 0.29) is 18.0 Å². The Balaban J connectivity index is 1.59. The number of pyridine rings is 1. The van der Waals surface area contributed by atoms with Crippen LogP contribution in [0.1, 0.15) is 24.1 Å². The van der Waals surface area contributed by atoms with Gasteiger partial charge in [0, 0.05) is 6.20 Å². The number of nitrogens with zero attached hydrogens (tertiary/aromatic N) is 1. The zero-order chi connectivity index (χ0) is 24.2. The van der Waals surface area contributed by atoms with Crippen LogP contribution in [0.3, 0.4) is 0 Å². The third kappa shape index (κ3) is 5.83. The predicted molar refractivity (Wildman–Crippen MR) is 109 cm³/mol. The van der Waals surface area contributed by atoms with E-state index in [1.807, 2.05) is 0 Å². The highest BCUT2D eigenvalue weighted by atomic mass is 19.4. The monoisotopic (exact) mass is 466 g/mol. The zero-order valence-corrected chi connectivity index (χ0v) is 17.1. The number of benzene rings is 1. The number of carbonyl (C=O) groups is 2. The average molecular weight is 466 g/mol. The van der Waals surface area contributed by atoms with Crippen molar-refractivity contribution < 1.29 is 32.6 Å². The first-order valence-corrected chi connectivity index (χ1v) is 9.60. The van der Waals surface area contributed by atoms with Crippen LogP contribution in [0.2, 0.25) is 0 Å². The molecule has 2 aromatic rings. The maximum absolute atomic E-state index is 13.1. The Bertz CT molecular complexity index is 1070. The highest BCUT2D eigenvalue weighted by Gasteiger charge is 2.51. The van der Waals surface area contributed by atoms with Crippen molar-refractivity contribution in [3.05, 3.63) is 59.7 Å². The standard InChI is InChI=1S/C20H21F3N6O4/c21-20(22,23)14-7-12(30)2-4-16(14)33-13-3-1-11(26-9-13)8-27-18(32)19(5-6-19)29-17(31)15(24)10-28-25/h1-4,7,9-10,28,30H,5-6,8,24-25H2,(H,27,32)(H,29,31)/b15-10-. The lowest BCUT2D eigenvalue weighted by atomic mass is 10.2. The minimum atomic E-state index is -4.72. The number of halogens is 3. The Morgan fingerprint density at radius 2 is 1.97 bits per heavy atom. The molecule has 1 saturated carbocycles. The van der Waals surface area contributed by atoms with Crippen LogP contribution in [0.5, 0.6) is 17.2 Å². The highest BCUT2D eigenvalue weighted by Crippen LogP contribution is 2.40. The first-order valence-electron chi connectivity index (χ1n) is 9.60. The molecule has 3 rings (SSSR count). The van der Waals surface area contributed by atoms with E-state index in [0.29, 0.717) is 24.6 Å². The third-order valence-electron chi connectivity index (χ3n) is 4.76. The Labute approximate surface area is 185 Å². The van der Waals surface area contributed by atoms with Gasteiger partial charge in [-0.3, -0.25) is 20.4 Å². The van der Waals surface area contributed by atoms with E-state index < -0.39 is 40.6 Å². The summed E-state index contributed by atoms with van der Waals surface area (Å²) in [4.78, 5) is 28.5. The van der Waals surface area contributed by atoms with Crippen molar-refractivity contribution >= 4 is 11.8 Å². The van der Waals surface area contributed by atoms with Gasteiger partial charge in [0.1, 0.15) is 34.0 Å². The minimum Gasteiger partial charge on any atom is -0.508 e. The maximum Gasteiger partial charge on any atom is 0.420 e. The lowest BCUT2D eigenvalue weighted by Gasteiger charge is -2.17. The van der Waals surface area contributed by atoms with E-state index in [0.717, 1.165) is 18.3 Å². The summed E-state index contributed by atoms with van der Waals surface area (Å²) in [7, 11) is 0. The van der Waals surface area contributed by atoms with Crippen LogP contribution in [0.25, 0.3) is 0 Å². The summed E-state index contributed by atoms with van der Waals surface area (Å²) < 4.78 is 44.7. The maximum atomic E-state index is 13.1. The van der Waals surface area contributed by atoms with Gasteiger partial charge in [0.25, 0.3) is 5.91 Å². The summed E-state index contributed by atoms with van der Waals surface area (Å²) in [6, 6.07) is 5.50. The number of hydrogen-bond donors (Lipinski definition) is 6. The lowest BCUT2D eigenvalue weighted by Crippen LogP contribution is -2.50. The summed E-state index contributed by atoms with van der Waals surface area (Å²) in [6.07, 6.45) is -1.56. The molecule has 0 atom stereocenters. The first kappa shape index (κ1) is 23.7. The second kappa shape index (κ2) is 9.24. The van der Waals surface area contributed by atoms with Gasteiger partial charge in [0.05, 0.1) is 18.4 Å². The molecule has 1 aromatic carbocycles. The molecule has 0 saturated heterocycles. The molecule has 1 aliphatic rings. The second-order valence-electron chi connectivity index (χ2n) is 7.25. The summed E-state index contributed by atoms with van der Waals surface area (Å²) in [5.41, 5.74) is 5.67. The molecule has 0 unspecified atom stereocenters. The van der Waals surface area contributed by atoms with E-state index in [1.165, 1.54) is 18.3 Å². The number of phenols is 1. The van der Waals surface area contributed by atoms with Crippen molar-refractivity contribution in [3.8, 4) is 17.2 Å². The number of nitrogens with two attached hydrogens (primary N) is 2. The number of nitrogens with one attached hydrogen (secondary N) is 3. The summed E-state index contributed by atoms with van der Waals surface area (Å²) >= 11 is 0. The van der Waals surface area contributed by atoms with E-state index in [9.17, 15) is 27.9 Å². The molecule has 1 aliphatic carbocycles. The Kier molecular flexibility index (Phi) is 6.62. The number of aromatic hydroxyl groups is 1. The van der Waals surface area contributed by atoms with Gasteiger partial charge in [-0.15, -0.1) is 0 Å². The van der Waals surface area contributed by atoms with Gasteiger partial charge in [0.2, 0.25) is 5.91 Å². The van der Waals surface area contributed by atoms with Crippen LogP contribution in [-0.4, -0.2) is 27.4 Å². The molecule has 0 radical (unpaired) electrons. The van der Waals surface area contributed by atoms with Crippen LogP contribution < -0.4 is 32.4 Å². The molecular weight excluding hydrogens is 445 g/mol. The van der Waals surface area contributed by atoms with Crippen LogP contribution in [-0.2, 0) is 22.3 Å². The topological polar surface area (TPSA) is 165 Å². The number of hydrazine groups is 1. The predicted octanol–water partition coefficient (Wildman–Crippen LogP) is 1.13. The fraction of sp³-hybridized carbons (Fsp3) is 0.250. The normalized spacial score (nSPS) is 14.8. The van der Waals surface area contributed by atoms with E-state index in [2.05, 4.69) is 21.0 Å². The molecule has 10 nitrogen and oxygen atoms in total. The van der Waals surface area contributed by atoms with E-state index >= 15 is 0 Å².